The Hall–Kier alpha value is -1.94. The second-order valence-corrected chi connectivity index (χ2v) is 5.27. The number of thiophene rings is 1. The highest BCUT2D eigenvalue weighted by Crippen LogP contribution is 2.19. The fourth-order valence-corrected chi connectivity index (χ4v) is 2.64. The molecule has 2 rings (SSSR count). The Bertz CT molecular complexity index is 572. The smallest absolute Gasteiger partial charge is 0.310 e. The summed E-state index contributed by atoms with van der Waals surface area (Å²) >= 11 is 1.35. The van der Waals surface area contributed by atoms with Gasteiger partial charge in [0.2, 0.25) is 0 Å². The van der Waals surface area contributed by atoms with Gasteiger partial charge < -0.3 is 4.74 Å². The van der Waals surface area contributed by atoms with Gasteiger partial charge in [-0.05, 0) is 17.7 Å². The molecule has 0 aliphatic carbocycles. The number of carbonyl (C=O) groups is 2. The number of ketones is 1. The maximum absolute atomic E-state index is 12.1. The Kier molecular flexibility index (Phi) is 4.47. The van der Waals surface area contributed by atoms with Crippen molar-refractivity contribution in [2.75, 3.05) is 7.11 Å². The van der Waals surface area contributed by atoms with Gasteiger partial charge in [0.05, 0.1) is 18.4 Å². The Balaban J connectivity index is 2.02. The van der Waals surface area contributed by atoms with E-state index in [0.717, 1.165) is 10.4 Å². The molecule has 0 atom stereocenters. The van der Waals surface area contributed by atoms with Crippen molar-refractivity contribution in [2.45, 2.75) is 12.8 Å². The van der Waals surface area contributed by atoms with Crippen LogP contribution in [0.4, 0.5) is 0 Å². The highest BCUT2D eigenvalue weighted by Gasteiger charge is 2.12. The predicted molar refractivity (Wildman–Crippen MR) is 74.5 cm³/mol. The summed E-state index contributed by atoms with van der Waals surface area (Å²) in [5.41, 5.74) is 0.996. The number of rotatable bonds is 5. The van der Waals surface area contributed by atoms with Crippen molar-refractivity contribution in [3.05, 3.63) is 57.8 Å². The van der Waals surface area contributed by atoms with E-state index in [-0.39, 0.29) is 18.2 Å². The zero-order valence-corrected chi connectivity index (χ0v) is 11.4. The Morgan fingerprint density at radius 3 is 2.47 bits per heavy atom. The van der Waals surface area contributed by atoms with Crippen LogP contribution in [0, 0.1) is 0 Å². The fraction of sp³-hybridized carbons (Fsp3) is 0.200. The molecule has 0 unspecified atom stereocenters. The molecule has 1 heterocycles. The van der Waals surface area contributed by atoms with Gasteiger partial charge in [-0.2, -0.15) is 0 Å². The van der Waals surface area contributed by atoms with Crippen molar-refractivity contribution < 1.29 is 14.3 Å². The third-order valence-corrected chi connectivity index (χ3v) is 3.82. The lowest BCUT2D eigenvalue weighted by Crippen LogP contribution is -2.03. The molecule has 1 aromatic carbocycles. The molecule has 0 spiro atoms. The van der Waals surface area contributed by atoms with Crippen LogP contribution in [0.1, 0.15) is 20.1 Å². The summed E-state index contributed by atoms with van der Waals surface area (Å²) < 4.78 is 4.60. The molecule has 0 aliphatic heterocycles. The average molecular weight is 274 g/mol. The normalized spacial score (nSPS) is 10.2. The molecular weight excluding hydrogens is 260 g/mol. The minimum absolute atomic E-state index is 0.0762. The van der Waals surface area contributed by atoms with Gasteiger partial charge in [-0.15, -0.1) is 11.3 Å². The molecule has 0 radical (unpaired) electrons. The Morgan fingerprint density at radius 1 is 1.05 bits per heavy atom. The number of carbonyl (C=O) groups excluding carboxylic acids is 2. The monoisotopic (exact) mass is 274 g/mol. The molecule has 1 aromatic heterocycles. The quantitative estimate of drug-likeness (QED) is 0.622. The van der Waals surface area contributed by atoms with Gasteiger partial charge in [-0.3, -0.25) is 9.59 Å². The van der Waals surface area contributed by atoms with E-state index in [2.05, 4.69) is 4.74 Å². The van der Waals surface area contributed by atoms with E-state index in [4.69, 9.17) is 0 Å². The minimum Gasteiger partial charge on any atom is -0.469 e. The van der Waals surface area contributed by atoms with Crippen LogP contribution in [0.5, 0.6) is 0 Å². The standard InChI is InChI=1S/C15H14O3S/c1-18-15(17)10-12-7-8-14(19-12)13(16)9-11-5-3-2-4-6-11/h2-8H,9-10H2,1H3. The van der Waals surface area contributed by atoms with Crippen LogP contribution >= 0.6 is 11.3 Å². The average Bonchev–Trinajstić information content (AvgIpc) is 2.88. The van der Waals surface area contributed by atoms with E-state index in [1.54, 1.807) is 12.1 Å². The van der Waals surface area contributed by atoms with Crippen molar-refractivity contribution in [1.29, 1.82) is 0 Å². The van der Waals surface area contributed by atoms with E-state index in [0.29, 0.717) is 11.3 Å². The summed E-state index contributed by atoms with van der Waals surface area (Å²) in [7, 11) is 1.36. The topological polar surface area (TPSA) is 43.4 Å². The lowest BCUT2D eigenvalue weighted by atomic mass is 10.1. The Labute approximate surface area is 115 Å². The molecular formula is C15H14O3S. The summed E-state index contributed by atoms with van der Waals surface area (Å²) in [6, 6.07) is 13.2. The first-order valence-electron chi connectivity index (χ1n) is 5.91. The van der Waals surface area contributed by atoms with Crippen molar-refractivity contribution in [1.82, 2.24) is 0 Å². The van der Waals surface area contributed by atoms with Gasteiger partial charge in [-0.25, -0.2) is 0 Å². The first-order chi connectivity index (χ1) is 9.19. The molecule has 19 heavy (non-hydrogen) atoms. The number of ether oxygens (including phenoxy) is 1. The number of esters is 1. The summed E-state index contributed by atoms with van der Waals surface area (Å²) in [4.78, 5) is 24.8. The van der Waals surface area contributed by atoms with E-state index in [1.165, 1.54) is 18.4 Å². The highest BCUT2D eigenvalue weighted by atomic mass is 32.1. The second kappa shape index (κ2) is 6.29. The van der Waals surface area contributed by atoms with E-state index < -0.39 is 0 Å². The van der Waals surface area contributed by atoms with Crippen LogP contribution in [0.2, 0.25) is 0 Å². The maximum Gasteiger partial charge on any atom is 0.310 e. The number of methoxy groups -OCH3 is 1. The predicted octanol–water partition coefficient (Wildman–Crippen LogP) is 2.89. The summed E-state index contributed by atoms with van der Waals surface area (Å²) in [5.74, 6) is -0.212. The molecule has 4 heteroatoms. The molecule has 3 nitrogen and oxygen atoms in total. The van der Waals surface area contributed by atoms with Gasteiger partial charge in [0.25, 0.3) is 0 Å². The molecule has 0 bridgehead atoms. The SMILES string of the molecule is COC(=O)Cc1ccc(C(=O)Cc2ccccc2)s1. The van der Waals surface area contributed by atoms with Gasteiger partial charge >= 0.3 is 5.97 Å². The second-order valence-electron chi connectivity index (χ2n) is 4.10. The first kappa shape index (κ1) is 13.5. The van der Waals surface area contributed by atoms with Crippen molar-refractivity contribution in [3.8, 4) is 0 Å². The third kappa shape index (κ3) is 3.76. The van der Waals surface area contributed by atoms with E-state index >= 15 is 0 Å². The molecule has 98 valence electrons. The van der Waals surface area contributed by atoms with Gasteiger partial charge in [0.15, 0.2) is 5.78 Å². The lowest BCUT2D eigenvalue weighted by Gasteiger charge is -1.98. The van der Waals surface area contributed by atoms with Gasteiger partial charge in [0, 0.05) is 11.3 Å². The lowest BCUT2D eigenvalue weighted by molar-refractivity contribution is -0.139. The number of hydrogen-bond acceptors (Lipinski definition) is 4. The zero-order chi connectivity index (χ0) is 13.7. The molecule has 0 saturated heterocycles. The first-order valence-corrected chi connectivity index (χ1v) is 6.73. The maximum atomic E-state index is 12.1. The molecule has 0 amide bonds. The largest absolute Gasteiger partial charge is 0.469 e. The summed E-state index contributed by atoms with van der Waals surface area (Å²) in [5, 5.41) is 0. The summed E-state index contributed by atoms with van der Waals surface area (Å²) in [6.07, 6.45) is 0.610. The van der Waals surface area contributed by atoms with Crippen LogP contribution in [-0.4, -0.2) is 18.9 Å². The molecule has 2 aromatic rings. The minimum atomic E-state index is -0.288. The zero-order valence-electron chi connectivity index (χ0n) is 10.6. The number of benzene rings is 1. The van der Waals surface area contributed by atoms with Crippen molar-refractivity contribution in [3.63, 3.8) is 0 Å². The third-order valence-electron chi connectivity index (χ3n) is 2.69. The van der Waals surface area contributed by atoms with E-state index in [9.17, 15) is 9.59 Å². The molecule has 0 aliphatic rings. The highest BCUT2D eigenvalue weighted by molar-refractivity contribution is 7.14. The summed E-state index contributed by atoms with van der Waals surface area (Å²) in [6.45, 7) is 0. The number of Topliss-reactive ketones (excluding diaryl/α,β-unsaturated/α-hetero) is 1. The van der Waals surface area contributed by atoms with Crippen LogP contribution in [0.3, 0.4) is 0 Å². The Morgan fingerprint density at radius 2 is 1.79 bits per heavy atom. The van der Waals surface area contributed by atoms with Crippen LogP contribution in [-0.2, 0) is 22.4 Å². The van der Waals surface area contributed by atoms with Gasteiger partial charge in [-0.1, -0.05) is 30.3 Å². The van der Waals surface area contributed by atoms with Crippen LogP contribution < -0.4 is 0 Å². The van der Waals surface area contributed by atoms with Crippen LogP contribution in [0.15, 0.2) is 42.5 Å². The van der Waals surface area contributed by atoms with E-state index in [1.807, 2.05) is 30.3 Å². The van der Waals surface area contributed by atoms with Crippen LogP contribution in [0.25, 0.3) is 0 Å². The fourth-order valence-electron chi connectivity index (χ4n) is 1.71. The van der Waals surface area contributed by atoms with Gasteiger partial charge in [0.1, 0.15) is 0 Å². The number of hydrogen-bond donors (Lipinski definition) is 0. The van der Waals surface area contributed by atoms with Crippen molar-refractivity contribution >= 4 is 23.1 Å². The molecule has 0 N–H and O–H groups in total. The van der Waals surface area contributed by atoms with Crippen molar-refractivity contribution in [2.24, 2.45) is 0 Å². The molecule has 0 saturated carbocycles. The molecule has 0 fully saturated rings.